The van der Waals surface area contributed by atoms with E-state index in [-0.39, 0.29) is 13.0 Å². The van der Waals surface area contributed by atoms with E-state index in [1.807, 2.05) is 49.4 Å². The van der Waals surface area contributed by atoms with Crippen molar-refractivity contribution in [1.29, 1.82) is 0 Å². The minimum atomic E-state index is -1.10. The van der Waals surface area contributed by atoms with E-state index in [1.54, 1.807) is 6.92 Å². The summed E-state index contributed by atoms with van der Waals surface area (Å²) >= 11 is 0. The molecule has 0 aromatic heterocycles. The average molecular weight is 385 g/mol. The molecule has 1 unspecified atom stereocenters. The highest BCUT2D eigenvalue weighted by Gasteiger charge is 2.31. The van der Waals surface area contributed by atoms with Gasteiger partial charge in [-0.1, -0.05) is 62.2 Å². The fourth-order valence-corrected chi connectivity index (χ4v) is 3.15. The summed E-state index contributed by atoms with van der Waals surface area (Å²) in [6.45, 7) is 3.77. The van der Waals surface area contributed by atoms with Crippen LogP contribution in [0.4, 0.5) is 0 Å². The minimum absolute atomic E-state index is 0.145. The van der Waals surface area contributed by atoms with Crippen LogP contribution in [0.2, 0.25) is 0 Å². The van der Waals surface area contributed by atoms with Crippen LogP contribution >= 0.6 is 0 Å². The van der Waals surface area contributed by atoms with Gasteiger partial charge in [0.1, 0.15) is 12.0 Å². The van der Waals surface area contributed by atoms with Gasteiger partial charge in [0.15, 0.2) is 0 Å². The predicted molar refractivity (Wildman–Crippen MR) is 107 cm³/mol. The highest BCUT2D eigenvalue weighted by atomic mass is 16.5. The zero-order valence-electron chi connectivity index (χ0n) is 16.3. The van der Waals surface area contributed by atoms with Crippen LogP contribution in [0, 0.1) is 5.92 Å². The van der Waals surface area contributed by atoms with Gasteiger partial charge in [-0.15, -0.1) is 0 Å². The monoisotopic (exact) mass is 385 g/mol. The summed E-state index contributed by atoms with van der Waals surface area (Å²) in [5.41, 5.74) is 0.840. The van der Waals surface area contributed by atoms with Gasteiger partial charge in [-0.3, -0.25) is 9.59 Å². The maximum Gasteiger partial charge on any atom is 0.326 e. The Labute approximate surface area is 164 Å². The van der Waals surface area contributed by atoms with Crippen LogP contribution in [-0.2, 0) is 25.5 Å². The molecule has 0 heterocycles. The quantitative estimate of drug-likeness (QED) is 0.483. The molecule has 28 heavy (non-hydrogen) atoms. The molecule has 6 nitrogen and oxygen atoms in total. The number of unbranched alkanes of at least 4 members (excludes halogenated alkanes) is 1. The second kappa shape index (κ2) is 10.4. The van der Waals surface area contributed by atoms with Gasteiger partial charge in [-0.2, -0.15) is 0 Å². The number of amides is 1. The number of hydrogen-bond donors (Lipinski definition) is 2. The molecule has 150 valence electrons. The lowest BCUT2D eigenvalue weighted by Gasteiger charge is -2.20. The SMILES string of the molecule is CCCC[C@H](NC(=O)C(Cc1cccc2ccccc12)C(=O)OCC)C(=O)O. The van der Waals surface area contributed by atoms with E-state index in [0.29, 0.717) is 12.8 Å². The van der Waals surface area contributed by atoms with E-state index in [1.165, 1.54) is 0 Å². The van der Waals surface area contributed by atoms with Crippen molar-refractivity contribution in [2.75, 3.05) is 6.61 Å². The van der Waals surface area contributed by atoms with Crippen LogP contribution in [0.1, 0.15) is 38.7 Å². The Kier molecular flexibility index (Phi) is 7.99. The van der Waals surface area contributed by atoms with Crippen LogP contribution < -0.4 is 5.32 Å². The van der Waals surface area contributed by atoms with Crippen LogP contribution in [0.3, 0.4) is 0 Å². The molecule has 2 rings (SSSR count). The van der Waals surface area contributed by atoms with Gasteiger partial charge < -0.3 is 15.2 Å². The summed E-state index contributed by atoms with van der Waals surface area (Å²) in [4.78, 5) is 36.7. The van der Waals surface area contributed by atoms with Gasteiger partial charge in [0.2, 0.25) is 5.91 Å². The zero-order chi connectivity index (χ0) is 20.5. The predicted octanol–water partition coefficient (Wildman–Crippen LogP) is 3.32. The molecule has 0 aliphatic rings. The van der Waals surface area contributed by atoms with Gasteiger partial charge in [0, 0.05) is 0 Å². The van der Waals surface area contributed by atoms with Crippen molar-refractivity contribution in [3.05, 3.63) is 48.0 Å². The Hall–Kier alpha value is -2.89. The van der Waals surface area contributed by atoms with Crippen LogP contribution in [-0.4, -0.2) is 35.6 Å². The average Bonchev–Trinajstić information content (AvgIpc) is 2.69. The minimum Gasteiger partial charge on any atom is -0.480 e. The summed E-state index contributed by atoms with van der Waals surface area (Å²) in [6, 6.07) is 12.4. The summed E-state index contributed by atoms with van der Waals surface area (Å²) in [5, 5.41) is 13.9. The maximum absolute atomic E-state index is 12.8. The highest BCUT2D eigenvalue weighted by molar-refractivity contribution is 6.00. The Morgan fingerprint density at radius 1 is 1.07 bits per heavy atom. The number of carbonyl (C=O) groups is 3. The lowest BCUT2D eigenvalue weighted by Crippen LogP contribution is -2.46. The molecular weight excluding hydrogens is 358 g/mol. The summed E-state index contributed by atoms with van der Waals surface area (Å²) in [6.07, 6.45) is 1.95. The maximum atomic E-state index is 12.8. The van der Waals surface area contributed by atoms with Crippen LogP contribution in [0.5, 0.6) is 0 Å². The third-order valence-electron chi connectivity index (χ3n) is 4.65. The van der Waals surface area contributed by atoms with Crippen molar-refractivity contribution in [1.82, 2.24) is 5.32 Å². The summed E-state index contributed by atoms with van der Waals surface area (Å²) < 4.78 is 5.09. The number of carbonyl (C=O) groups excluding carboxylic acids is 2. The van der Waals surface area contributed by atoms with Gasteiger partial charge >= 0.3 is 11.9 Å². The number of fused-ring (bicyclic) bond motifs is 1. The first-order chi connectivity index (χ1) is 13.5. The Bertz CT molecular complexity index is 827. The van der Waals surface area contributed by atoms with E-state index in [4.69, 9.17) is 4.74 Å². The Morgan fingerprint density at radius 3 is 2.46 bits per heavy atom. The van der Waals surface area contributed by atoms with Gasteiger partial charge in [-0.25, -0.2) is 4.79 Å². The Balaban J connectivity index is 2.27. The summed E-state index contributed by atoms with van der Waals surface area (Å²) in [5.74, 6) is -3.47. The lowest BCUT2D eigenvalue weighted by molar-refractivity contribution is -0.153. The first kappa shape index (κ1) is 21.4. The van der Waals surface area contributed by atoms with Crippen LogP contribution in [0.15, 0.2) is 42.5 Å². The van der Waals surface area contributed by atoms with Crippen molar-refractivity contribution < 1.29 is 24.2 Å². The number of aliphatic carboxylic acids is 1. The summed E-state index contributed by atoms with van der Waals surface area (Å²) in [7, 11) is 0. The molecule has 1 amide bonds. The smallest absolute Gasteiger partial charge is 0.326 e. The molecule has 0 fully saturated rings. The molecular formula is C22H27NO5. The largest absolute Gasteiger partial charge is 0.480 e. The number of benzene rings is 2. The molecule has 2 aromatic carbocycles. The van der Waals surface area contributed by atoms with E-state index < -0.39 is 29.8 Å². The number of carboxylic acid groups (broad SMARTS) is 1. The van der Waals surface area contributed by atoms with Gasteiger partial charge in [0.25, 0.3) is 0 Å². The third kappa shape index (κ3) is 5.55. The van der Waals surface area contributed by atoms with Crippen LogP contribution in [0.25, 0.3) is 10.8 Å². The third-order valence-corrected chi connectivity index (χ3v) is 4.65. The first-order valence-electron chi connectivity index (χ1n) is 9.64. The molecule has 2 atom stereocenters. The molecule has 0 aliphatic heterocycles. The molecule has 0 saturated heterocycles. The van der Waals surface area contributed by atoms with Crippen molar-refractivity contribution in [2.24, 2.45) is 5.92 Å². The molecule has 0 saturated carbocycles. The number of rotatable bonds is 10. The second-order valence-electron chi connectivity index (χ2n) is 6.69. The zero-order valence-corrected chi connectivity index (χ0v) is 16.3. The standard InChI is InChI=1S/C22H27NO5/c1-3-5-13-19(21(25)26)23-20(24)18(22(27)28-4-2)14-16-11-8-10-15-9-6-7-12-17(15)16/h6-12,18-19H,3-5,13-14H2,1-2H3,(H,23,24)(H,25,26)/t18?,19-/m0/s1. The normalized spacial score (nSPS) is 12.9. The number of esters is 1. The molecule has 0 bridgehead atoms. The molecule has 2 aromatic rings. The second-order valence-corrected chi connectivity index (χ2v) is 6.69. The van der Waals surface area contributed by atoms with E-state index in [9.17, 15) is 19.5 Å². The number of hydrogen-bond acceptors (Lipinski definition) is 4. The first-order valence-corrected chi connectivity index (χ1v) is 9.64. The van der Waals surface area contributed by atoms with Crippen molar-refractivity contribution in [3.63, 3.8) is 0 Å². The lowest BCUT2D eigenvalue weighted by atomic mass is 9.93. The molecule has 0 radical (unpaired) electrons. The molecule has 0 spiro atoms. The fraction of sp³-hybridized carbons (Fsp3) is 0.409. The van der Waals surface area contributed by atoms with Crippen molar-refractivity contribution in [2.45, 2.75) is 45.6 Å². The van der Waals surface area contributed by atoms with Crippen molar-refractivity contribution in [3.8, 4) is 0 Å². The number of carboxylic acids is 1. The topological polar surface area (TPSA) is 92.7 Å². The van der Waals surface area contributed by atoms with E-state index in [2.05, 4.69) is 5.32 Å². The van der Waals surface area contributed by atoms with E-state index in [0.717, 1.165) is 22.8 Å². The highest BCUT2D eigenvalue weighted by Crippen LogP contribution is 2.22. The van der Waals surface area contributed by atoms with Gasteiger partial charge in [0.05, 0.1) is 6.61 Å². The molecule has 0 aliphatic carbocycles. The van der Waals surface area contributed by atoms with Gasteiger partial charge in [-0.05, 0) is 36.1 Å². The fourth-order valence-electron chi connectivity index (χ4n) is 3.15. The van der Waals surface area contributed by atoms with Crippen molar-refractivity contribution >= 4 is 28.6 Å². The molecule has 6 heteroatoms. The molecule has 2 N–H and O–H groups in total. The van der Waals surface area contributed by atoms with E-state index >= 15 is 0 Å². The number of nitrogens with one attached hydrogen (secondary N) is 1. The number of ether oxygens (including phenoxy) is 1. The Morgan fingerprint density at radius 2 is 1.79 bits per heavy atom.